The predicted molar refractivity (Wildman–Crippen MR) is 87.0 cm³/mol. The van der Waals surface area contributed by atoms with Gasteiger partial charge in [0.25, 0.3) is 0 Å². The minimum Gasteiger partial charge on any atom is -0.377 e. The van der Waals surface area contributed by atoms with Gasteiger partial charge < -0.3 is 9.63 Å². The van der Waals surface area contributed by atoms with Crippen LogP contribution < -0.4 is 0 Å². The van der Waals surface area contributed by atoms with E-state index in [1.165, 1.54) is 7.11 Å². The number of benzene rings is 2. The zero-order valence-electron chi connectivity index (χ0n) is 11.4. The van der Waals surface area contributed by atoms with Crippen LogP contribution in [0.5, 0.6) is 0 Å². The van der Waals surface area contributed by atoms with Crippen LogP contribution >= 0.6 is 23.3 Å². The molecular weight excluding hydrogens is 351 g/mol. The van der Waals surface area contributed by atoms with Gasteiger partial charge in [0.15, 0.2) is 5.85 Å². The lowest BCUT2D eigenvalue weighted by molar-refractivity contribution is 0.229. The molecule has 0 aromatic heterocycles. The summed E-state index contributed by atoms with van der Waals surface area (Å²) in [4.78, 5) is 0. The van der Waals surface area contributed by atoms with E-state index >= 15 is 0 Å². The van der Waals surface area contributed by atoms with Crippen LogP contribution in [0.2, 0.25) is 0 Å². The van der Waals surface area contributed by atoms with Gasteiger partial charge in [-0.2, -0.15) is 0 Å². The fourth-order valence-corrected chi connectivity index (χ4v) is 3.23. The van der Waals surface area contributed by atoms with Crippen molar-refractivity contribution in [2.45, 2.75) is 5.85 Å². The minimum atomic E-state index is -3.51. The molecule has 0 aliphatic rings. The third-order valence-electron chi connectivity index (χ3n) is 2.89. The topological polar surface area (TPSA) is 46.5 Å². The first-order valence-corrected chi connectivity index (χ1v) is 8.71. The van der Waals surface area contributed by atoms with Crippen molar-refractivity contribution in [3.05, 3.63) is 70.2 Å². The lowest BCUT2D eigenvalue weighted by Crippen LogP contribution is -1.99. The monoisotopic (exact) mass is 364 g/mol. The highest BCUT2D eigenvalue weighted by atomic mass is 79.9. The van der Waals surface area contributed by atoms with E-state index in [9.17, 15) is 9.67 Å². The normalized spacial score (nSPS) is 14.6. The van der Waals surface area contributed by atoms with E-state index in [2.05, 4.69) is 27.5 Å². The smallest absolute Gasteiger partial charge is 0.305 e. The second-order valence-electron chi connectivity index (χ2n) is 4.31. The Hall–Kier alpha value is -1.37. The maximum Gasteiger partial charge on any atom is 0.305 e. The van der Waals surface area contributed by atoms with Crippen molar-refractivity contribution in [3.63, 3.8) is 0 Å². The second-order valence-corrected chi connectivity index (χ2v) is 7.50. The van der Waals surface area contributed by atoms with Gasteiger partial charge in [-0.25, -0.2) is 0 Å². The molecule has 0 bridgehead atoms. The van der Waals surface area contributed by atoms with Crippen LogP contribution in [-0.4, -0.2) is 12.2 Å². The van der Waals surface area contributed by atoms with Gasteiger partial charge >= 0.3 is 7.37 Å². The van der Waals surface area contributed by atoms with Crippen LogP contribution in [0, 0.1) is 11.6 Å². The third-order valence-corrected chi connectivity index (χ3v) is 5.33. The Kier molecular flexibility index (Phi) is 5.39. The Morgan fingerprint density at radius 1 is 1.14 bits per heavy atom. The lowest BCUT2D eigenvalue weighted by atomic mass is 10.2. The van der Waals surface area contributed by atoms with Gasteiger partial charge in [-0.15, -0.1) is 0 Å². The number of hydrogen-bond donors (Lipinski definition) is 1. The molecule has 2 aromatic carbocycles. The van der Waals surface area contributed by atoms with Crippen LogP contribution in [0.1, 0.15) is 17.0 Å². The van der Waals surface area contributed by atoms with Crippen molar-refractivity contribution >= 4 is 23.3 Å². The van der Waals surface area contributed by atoms with E-state index in [4.69, 9.17) is 4.52 Å². The quantitative estimate of drug-likeness (QED) is 0.649. The number of rotatable bonds is 3. The molecule has 2 aromatic rings. The molecule has 0 saturated carbocycles. The fourth-order valence-electron chi connectivity index (χ4n) is 1.70. The highest BCUT2D eigenvalue weighted by molar-refractivity contribution is 9.10. The average molecular weight is 365 g/mol. The molecule has 0 amide bonds. The first kappa shape index (κ1) is 16.0. The van der Waals surface area contributed by atoms with Gasteiger partial charge in [0.1, 0.15) is 0 Å². The molecule has 0 unspecified atom stereocenters. The van der Waals surface area contributed by atoms with E-state index in [0.717, 1.165) is 10.0 Å². The van der Waals surface area contributed by atoms with E-state index in [-0.39, 0.29) is 0 Å². The van der Waals surface area contributed by atoms with Gasteiger partial charge in [0.05, 0.1) is 0 Å². The van der Waals surface area contributed by atoms with Crippen molar-refractivity contribution in [1.82, 2.24) is 0 Å². The SMILES string of the molecule is CO[P@@](=O)(C#Cc1ccccc1)[C@@H](O)c1ccc(Br)cc1. The molecule has 0 spiro atoms. The maximum atomic E-state index is 12.7. The molecule has 5 heteroatoms. The van der Waals surface area contributed by atoms with Crippen LogP contribution in [0.25, 0.3) is 0 Å². The van der Waals surface area contributed by atoms with Gasteiger partial charge in [-0.3, -0.25) is 4.57 Å². The summed E-state index contributed by atoms with van der Waals surface area (Å²) in [6.07, 6.45) is 0. The van der Waals surface area contributed by atoms with E-state index in [1.54, 1.807) is 36.4 Å². The van der Waals surface area contributed by atoms with Gasteiger partial charge in [-0.1, -0.05) is 52.2 Å². The third kappa shape index (κ3) is 4.06. The van der Waals surface area contributed by atoms with Gasteiger partial charge in [0.2, 0.25) is 0 Å². The molecule has 21 heavy (non-hydrogen) atoms. The van der Waals surface area contributed by atoms with Crippen molar-refractivity contribution in [3.8, 4) is 11.6 Å². The summed E-state index contributed by atoms with van der Waals surface area (Å²) in [6.45, 7) is 0. The standard InChI is InChI=1S/C16H14BrO3P/c1-20-21(19,12-11-13-5-3-2-4-6-13)16(18)14-7-9-15(17)10-8-14/h2-10,16,18H,1H3/t16-,21+/m1/s1. The zero-order valence-corrected chi connectivity index (χ0v) is 13.8. The molecule has 2 atom stereocenters. The number of aliphatic hydroxyl groups excluding tert-OH is 1. The number of halogens is 1. The summed E-state index contributed by atoms with van der Waals surface area (Å²) in [5.41, 5.74) is 3.82. The van der Waals surface area contributed by atoms with Crippen molar-refractivity contribution in [1.29, 1.82) is 0 Å². The van der Waals surface area contributed by atoms with Gasteiger partial charge in [-0.05, 0) is 35.5 Å². The first-order valence-electron chi connectivity index (χ1n) is 6.22. The molecule has 3 nitrogen and oxygen atoms in total. The average Bonchev–Trinajstić information content (AvgIpc) is 2.53. The Labute approximate surface area is 132 Å². The molecule has 0 saturated heterocycles. The summed E-state index contributed by atoms with van der Waals surface area (Å²) < 4.78 is 18.6. The van der Waals surface area contributed by atoms with E-state index < -0.39 is 13.2 Å². The Balaban J connectivity index is 2.31. The lowest BCUT2D eigenvalue weighted by Gasteiger charge is -2.17. The fraction of sp³-hybridized carbons (Fsp3) is 0.125. The van der Waals surface area contributed by atoms with Crippen LogP contribution in [0.15, 0.2) is 59.1 Å². The molecule has 2 rings (SSSR count). The molecule has 108 valence electrons. The highest BCUT2D eigenvalue weighted by Gasteiger charge is 2.31. The molecule has 1 N–H and O–H groups in total. The second kappa shape index (κ2) is 7.06. The molecule has 0 aliphatic heterocycles. The molecule has 0 heterocycles. The maximum absolute atomic E-state index is 12.7. The molecule has 0 aliphatic carbocycles. The van der Waals surface area contributed by atoms with Crippen molar-refractivity contribution in [2.75, 3.05) is 7.11 Å². The summed E-state index contributed by atoms with van der Waals surface area (Å²) in [6, 6.07) is 16.1. The number of hydrogen-bond acceptors (Lipinski definition) is 3. The predicted octanol–water partition coefficient (Wildman–Crippen LogP) is 4.37. The largest absolute Gasteiger partial charge is 0.377 e. The Morgan fingerprint density at radius 3 is 2.33 bits per heavy atom. The van der Waals surface area contributed by atoms with E-state index in [0.29, 0.717) is 5.56 Å². The first-order chi connectivity index (χ1) is 10.0. The minimum absolute atomic E-state index is 0.505. The summed E-state index contributed by atoms with van der Waals surface area (Å²) in [5, 5.41) is 10.3. The van der Waals surface area contributed by atoms with Gasteiger partial charge in [0, 0.05) is 17.1 Å². The molecule has 0 fully saturated rings. The molecule has 0 radical (unpaired) electrons. The van der Waals surface area contributed by atoms with Crippen molar-refractivity contribution in [2.24, 2.45) is 0 Å². The zero-order chi connectivity index (χ0) is 15.3. The summed E-state index contributed by atoms with van der Waals surface area (Å²) in [5.74, 6) is 1.52. The Morgan fingerprint density at radius 2 is 1.76 bits per heavy atom. The summed E-state index contributed by atoms with van der Waals surface area (Å²) >= 11 is 3.31. The molecular formula is C16H14BrO3P. The highest BCUT2D eigenvalue weighted by Crippen LogP contribution is 2.57. The van der Waals surface area contributed by atoms with E-state index in [1.807, 2.05) is 18.2 Å². The Bertz CT molecular complexity index is 702. The van der Waals surface area contributed by atoms with Crippen LogP contribution in [0.4, 0.5) is 0 Å². The van der Waals surface area contributed by atoms with Crippen LogP contribution in [0.3, 0.4) is 0 Å². The summed E-state index contributed by atoms with van der Waals surface area (Å²) in [7, 11) is -2.22. The van der Waals surface area contributed by atoms with Crippen LogP contribution in [-0.2, 0) is 9.09 Å². The number of aliphatic hydroxyl groups is 1. The van der Waals surface area contributed by atoms with Crippen molar-refractivity contribution < 1.29 is 14.2 Å².